The second-order valence-electron chi connectivity index (χ2n) is 5.74. The first-order chi connectivity index (χ1) is 12.6. The van der Waals surface area contributed by atoms with Gasteiger partial charge in [0, 0.05) is 10.0 Å². The predicted molar refractivity (Wildman–Crippen MR) is 98.0 cm³/mol. The van der Waals surface area contributed by atoms with E-state index in [0.29, 0.717) is 27.9 Å². The first-order valence-corrected chi connectivity index (χ1v) is 8.87. The number of halogens is 1. The first-order valence-electron chi connectivity index (χ1n) is 8.07. The molecule has 0 bridgehead atoms. The maximum Gasteiger partial charge on any atom is 0.410 e. The van der Waals surface area contributed by atoms with Crippen LogP contribution < -0.4 is 4.74 Å². The molecule has 6 nitrogen and oxygen atoms in total. The molecule has 3 rings (SSSR count). The maximum absolute atomic E-state index is 12.4. The molecule has 1 heterocycles. The first kappa shape index (κ1) is 18.3. The van der Waals surface area contributed by atoms with E-state index in [0.717, 1.165) is 5.56 Å². The van der Waals surface area contributed by atoms with Gasteiger partial charge in [0.2, 0.25) is 0 Å². The molecule has 136 valence electrons. The fourth-order valence-electron chi connectivity index (χ4n) is 2.71. The fraction of sp³-hybridized carbons (Fsp3) is 0.263. The Hall–Kier alpha value is -2.54. The fourth-order valence-corrected chi connectivity index (χ4v) is 3.21. The Morgan fingerprint density at radius 2 is 2.00 bits per heavy atom. The van der Waals surface area contributed by atoms with Crippen molar-refractivity contribution in [2.45, 2.75) is 13.2 Å². The molecule has 0 radical (unpaired) electrons. The molecule has 2 aromatic rings. The molecule has 0 atom stereocenters. The summed E-state index contributed by atoms with van der Waals surface area (Å²) in [7, 11) is 1.32. The Kier molecular flexibility index (Phi) is 5.78. The second kappa shape index (κ2) is 8.23. The van der Waals surface area contributed by atoms with Crippen LogP contribution in [0.25, 0.3) is 0 Å². The molecule has 0 aromatic heterocycles. The molecule has 0 aliphatic carbocycles. The van der Waals surface area contributed by atoms with E-state index in [1.807, 2.05) is 36.4 Å². The number of methoxy groups -OCH3 is 1. The smallest absolute Gasteiger partial charge is 0.410 e. The van der Waals surface area contributed by atoms with Gasteiger partial charge >= 0.3 is 12.1 Å². The summed E-state index contributed by atoms with van der Waals surface area (Å²) >= 11 is 3.38. The van der Waals surface area contributed by atoms with Crippen molar-refractivity contribution in [1.29, 1.82) is 0 Å². The van der Waals surface area contributed by atoms with Gasteiger partial charge in [-0.3, -0.25) is 0 Å². The summed E-state index contributed by atoms with van der Waals surface area (Å²) in [6, 6.07) is 13.0. The van der Waals surface area contributed by atoms with Crippen LogP contribution in [0.4, 0.5) is 4.79 Å². The van der Waals surface area contributed by atoms with Crippen LogP contribution in [0.15, 0.2) is 46.9 Å². The van der Waals surface area contributed by atoms with E-state index >= 15 is 0 Å². The van der Waals surface area contributed by atoms with Crippen molar-refractivity contribution < 1.29 is 23.8 Å². The highest BCUT2D eigenvalue weighted by Crippen LogP contribution is 2.32. The number of fused-ring (bicyclic) bond motifs is 1. The average Bonchev–Trinajstić information content (AvgIpc) is 2.88. The summed E-state index contributed by atoms with van der Waals surface area (Å²) < 4.78 is 16.6. The van der Waals surface area contributed by atoms with Crippen molar-refractivity contribution in [3.8, 4) is 5.75 Å². The van der Waals surface area contributed by atoms with E-state index in [-0.39, 0.29) is 19.8 Å². The molecule has 1 amide bonds. The minimum Gasteiger partial charge on any atom is -0.490 e. The Balaban J connectivity index is 1.76. The Morgan fingerprint density at radius 3 is 2.73 bits per heavy atom. The maximum atomic E-state index is 12.4. The van der Waals surface area contributed by atoms with Gasteiger partial charge in [0.1, 0.15) is 24.5 Å². The Labute approximate surface area is 159 Å². The summed E-state index contributed by atoms with van der Waals surface area (Å²) in [5, 5.41) is 0. The quantitative estimate of drug-likeness (QED) is 0.708. The van der Waals surface area contributed by atoms with E-state index in [9.17, 15) is 9.59 Å². The van der Waals surface area contributed by atoms with Gasteiger partial charge in [0.05, 0.1) is 20.2 Å². The molecule has 2 aromatic carbocycles. The van der Waals surface area contributed by atoms with E-state index < -0.39 is 12.1 Å². The minimum absolute atomic E-state index is 0.204. The molecule has 7 heteroatoms. The molecule has 0 N–H and O–H groups in total. The topological polar surface area (TPSA) is 65.1 Å². The number of rotatable bonds is 3. The number of hydrogen-bond acceptors (Lipinski definition) is 5. The van der Waals surface area contributed by atoms with E-state index in [2.05, 4.69) is 15.9 Å². The minimum atomic E-state index is -0.484. The largest absolute Gasteiger partial charge is 0.490 e. The van der Waals surface area contributed by atoms with E-state index in [1.54, 1.807) is 11.0 Å². The van der Waals surface area contributed by atoms with Crippen LogP contribution in [0.3, 0.4) is 0 Å². The molecule has 0 unspecified atom stereocenters. The van der Waals surface area contributed by atoms with Crippen LogP contribution in [0.1, 0.15) is 21.5 Å². The van der Waals surface area contributed by atoms with Crippen molar-refractivity contribution in [3.05, 3.63) is 63.6 Å². The highest BCUT2D eigenvalue weighted by molar-refractivity contribution is 9.10. The van der Waals surface area contributed by atoms with Crippen LogP contribution in [-0.2, 0) is 22.6 Å². The number of ether oxygens (including phenoxy) is 3. The van der Waals surface area contributed by atoms with Gasteiger partial charge in [-0.1, -0.05) is 46.3 Å². The highest BCUT2D eigenvalue weighted by atomic mass is 79.9. The van der Waals surface area contributed by atoms with Gasteiger partial charge in [-0.25, -0.2) is 9.59 Å². The lowest BCUT2D eigenvalue weighted by Gasteiger charge is -2.19. The average molecular weight is 420 g/mol. The zero-order chi connectivity index (χ0) is 18.5. The lowest BCUT2D eigenvalue weighted by Crippen LogP contribution is -2.32. The predicted octanol–water partition coefficient (Wildman–Crippen LogP) is 3.77. The molecular formula is C19H18BrNO5. The molecule has 0 fully saturated rings. The molecule has 1 aliphatic heterocycles. The van der Waals surface area contributed by atoms with Crippen molar-refractivity contribution in [2.24, 2.45) is 0 Å². The van der Waals surface area contributed by atoms with Crippen molar-refractivity contribution >= 4 is 28.0 Å². The Bertz CT molecular complexity index is 809. The van der Waals surface area contributed by atoms with Gasteiger partial charge in [0.25, 0.3) is 0 Å². The van der Waals surface area contributed by atoms with Crippen molar-refractivity contribution in [2.75, 3.05) is 20.3 Å². The molecule has 0 saturated carbocycles. The number of carbonyl (C=O) groups is 2. The third-order valence-electron chi connectivity index (χ3n) is 3.97. The summed E-state index contributed by atoms with van der Waals surface area (Å²) in [5.74, 6) is -0.0407. The van der Waals surface area contributed by atoms with Crippen LogP contribution in [-0.4, -0.2) is 37.2 Å². The SMILES string of the molecule is COC(=O)c1cc(Br)cc2c1OCCN(C(=O)OCc1ccccc1)C2. The number of carbonyl (C=O) groups excluding carboxylic acids is 2. The van der Waals surface area contributed by atoms with Gasteiger partial charge in [-0.05, 0) is 17.7 Å². The van der Waals surface area contributed by atoms with Crippen LogP contribution in [0, 0.1) is 0 Å². The number of amides is 1. The summed E-state index contributed by atoms with van der Waals surface area (Å²) in [4.78, 5) is 26.0. The Morgan fingerprint density at radius 1 is 1.23 bits per heavy atom. The summed E-state index contributed by atoms with van der Waals surface area (Å²) in [5.41, 5.74) is 1.97. The molecule has 1 aliphatic rings. The number of benzene rings is 2. The van der Waals surface area contributed by atoms with Crippen LogP contribution >= 0.6 is 15.9 Å². The van der Waals surface area contributed by atoms with Crippen LogP contribution in [0.2, 0.25) is 0 Å². The lowest BCUT2D eigenvalue weighted by molar-refractivity contribution is 0.0595. The summed E-state index contributed by atoms with van der Waals surface area (Å²) in [6.07, 6.45) is -0.426. The third kappa shape index (κ3) is 4.16. The number of hydrogen-bond donors (Lipinski definition) is 0. The highest BCUT2D eigenvalue weighted by Gasteiger charge is 2.25. The van der Waals surface area contributed by atoms with Gasteiger partial charge in [-0.15, -0.1) is 0 Å². The number of nitrogens with zero attached hydrogens (tertiary/aromatic N) is 1. The zero-order valence-electron chi connectivity index (χ0n) is 14.2. The third-order valence-corrected chi connectivity index (χ3v) is 4.43. The van der Waals surface area contributed by atoms with Gasteiger partial charge in [0.15, 0.2) is 0 Å². The zero-order valence-corrected chi connectivity index (χ0v) is 15.8. The number of esters is 1. The molecule has 0 saturated heterocycles. The normalized spacial score (nSPS) is 13.2. The molecular weight excluding hydrogens is 402 g/mol. The molecule has 0 spiro atoms. The van der Waals surface area contributed by atoms with Crippen LogP contribution in [0.5, 0.6) is 5.75 Å². The summed E-state index contributed by atoms with van der Waals surface area (Å²) in [6.45, 7) is 1.11. The van der Waals surface area contributed by atoms with Crippen molar-refractivity contribution in [1.82, 2.24) is 4.90 Å². The van der Waals surface area contributed by atoms with E-state index in [4.69, 9.17) is 14.2 Å². The van der Waals surface area contributed by atoms with Gasteiger partial charge in [-0.2, -0.15) is 0 Å². The second-order valence-corrected chi connectivity index (χ2v) is 6.66. The lowest BCUT2D eigenvalue weighted by atomic mass is 10.1. The monoisotopic (exact) mass is 419 g/mol. The van der Waals surface area contributed by atoms with Gasteiger partial charge < -0.3 is 19.1 Å². The van der Waals surface area contributed by atoms with Crippen molar-refractivity contribution in [3.63, 3.8) is 0 Å². The standard InChI is InChI=1S/C19H18BrNO5/c1-24-18(22)16-10-15(20)9-14-11-21(7-8-25-17(14)16)19(23)26-12-13-5-3-2-4-6-13/h2-6,9-10H,7-8,11-12H2,1H3. The molecule has 26 heavy (non-hydrogen) atoms. The van der Waals surface area contributed by atoms with E-state index in [1.165, 1.54) is 7.11 Å².